The van der Waals surface area contributed by atoms with Crippen LogP contribution in [-0.4, -0.2) is 28.0 Å². The van der Waals surface area contributed by atoms with Crippen LogP contribution in [-0.2, 0) is 11.3 Å². The highest BCUT2D eigenvalue weighted by molar-refractivity contribution is 5.85. The van der Waals surface area contributed by atoms with E-state index in [9.17, 15) is 4.79 Å². The molecule has 0 bridgehead atoms. The zero-order valence-corrected chi connectivity index (χ0v) is 15.3. The fourth-order valence-corrected chi connectivity index (χ4v) is 3.37. The summed E-state index contributed by atoms with van der Waals surface area (Å²) in [6, 6.07) is 16.7. The summed E-state index contributed by atoms with van der Waals surface area (Å²) in [5.74, 6) is 0.115. The number of imidazole rings is 1. The third-order valence-corrected chi connectivity index (χ3v) is 4.75. The van der Waals surface area contributed by atoms with Gasteiger partial charge in [0.25, 0.3) is 0 Å². The Balaban J connectivity index is 0.00000196. The van der Waals surface area contributed by atoms with Crippen molar-refractivity contribution in [2.75, 3.05) is 6.54 Å². The molecule has 4 rings (SSSR count). The zero-order valence-electron chi connectivity index (χ0n) is 14.5. The van der Waals surface area contributed by atoms with Crippen molar-refractivity contribution in [2.24, 2.45) is 0 Å². The summed E-state index contributed by atoms with van der Waals surface area (Å²) < 4.78 is 2.07. The summed E-state index contributed by atoms with van der Waals surface area (Å²) >= 11 is 0. The second kappa shape index (κ2) is 8.34. The van der Waals surface area contributed by atoms with Gasteiger partial charge >= 0.3 is 0 Å². The lowest BCUT2D eigenvalue weighted by molar-refractivity contribution is -0.121. The molecule has 1 aliphatic rings. The SMILES string of the molecule is Cl.O=C(CC1CCCN1)NCc1ccc(-n2cnc3ccccc32)cc1. The molecule has 26 heavy (non-hydrogen) atoms. The van der Waals surface area contributed by atoms with E-state index in [0.717, 1.165) is 35.2 Å². The van der Waals surface area contributed by atoms with Crippen LogP contribution in [0.3, 0.4) is 0 Å². The zero-order chi connectivity index (χ0) is 17.1. The van der Waals surface area contributed by atoms with E-state index in [1.807, 2.05) is 24.5 Å². The maximum Gasteiger partial charge on any atom is 0.221 e. The topological polar surface area (TPSA) is 59.0 Å². The van der Waals surface area contributed by atoms with Crippen molar-refractivity contribution in [1.29, 1.82) is 0 Å². The standard InChI is InChI=1S/C20H22N4O.ClH/c25-20(12-16-4-3-11-21-16)22-13-15-7-9-17(10-8-15)24-14-23-18-5-1-2-6-19(18)24;/h1-2,5-10,14,16,21H,3-4,11-13H2,(H,22,25);1H. The fraction of sp³-hybridized carbons (Fsp3) is 0.300. The first-order chi connectivity index (χ1) is 12.3. The number of nitrogens with one attached hydrogen (secondary N) is 2. The van der Waals surface area contributed by atoms with E-state index >= 15 is 0 Å². The lowest BCUT2D eigenvalue weighted by Crippen LogP contribution is -2.31. The normalized spacial score (nSPS) is 16.4. The molecule has 136 valence electrons. The van der Waals surface area contributed by atoms with Gasteiger partial charge in [0.1, 0.15) is 6.33 Å². The van der Waals surface area contributed by atoms with Crippen molar-refractivity contribution >= 4 is 29.3 Å². The van der Waals surface area contributed by atoms with E-state index in [2.05, 4.69) is 50.5 Å². The van der Waals surface area contributed by atoms with Crippen LogP contribution in [0.1, 0.15) is 24.8 Å². The molecule has 0 aliphatic carbocycles. The number of carbonyl (C=O) groups is 1. The number of hydrogen-bond donors (Lipinski definition) is 2. The Hall–Kier alpha value is -2.37. The van der Waals surface area contributed by atoms with Gasteiger partial charge in [0.2, 0.25) is 5.91 Å². The van der Waals surface area contributed by atoms with Gasteiger partial charge in [-0.25, -0.2) is 4.98 Å². The van der Waals surface area contributed by atoms with E-state index < -0.39 is 0 Å². The highest BCUT2D eigenvalue weighted by Gasteiger charge is 2.17. The number of rotatable bonds is 5. The summed E-state index contributed by atoms with van der Waals surface area (Å²) in [6.07, 6.45) is 4.68. The maximum atomic E-state index is 12.0. The van der Waals surface area contributed by atoms with Crippen LogP contribution in [0.15, 0.2) is 54.9 Å². The van der Waals surface area contributed by atoms with Crippen molar-refractivity contribution in [3.05, 3.63) is 60.4 Å². The molecular formula is C20H23ClN4O. The number of aromatic nitrogens is 2. The van der Waals surface area contributed by atoms with Gasteiger partial charge in [-0.2, -0.15) is 0 Å². The average Bonchev–Trinajstić information content (AvgIpc) is 3.30. The van der Waals surface area contributed by atoms with Crippen molar-refractivity contribution in [3.63, 3.8) is 0 Å². The molecule has 2 N–H and O–H groups in total. The van der Waals surface area contributed by atoms with Gasteiger partial charge in [0.05, 0.1) is 11.0 Å². The third kappa shape index (κ3) is 4.06. The minimum atomic E-state index is 0. The molecule has 1 unspecified atom stereocenters. The Kier molecular flexibility index (Phi) is 5.91. The molecule has 1 atom stereocenters. The van der Waals surface area contributed by atoms with Crippen molar-refractivity contribution in [2.45, 2.75) is 31.8 Å². The van der Waals surface area contributed by atoms with Gasteiger partial charge in [-0.05, 0) is 49.2 Å². The maximum absolute atomic E-state index is 12.0. The number of amides is 1. The van der Waals surface area contributed by atoms with Gasteiger partial charge in [0.15, 0.2) is 0 Å². The Labute approximate surface area is 159 Å². The fourth-order valence-electron chi connectivity index (χ4n) is 3.37. The average molecular weight is 371 g/mol. The van der Waals surface area contributed by atoms with Crippen LogP contribution in [0.25, 0.3) is 16.7 Å². The summed E-state index contributed by atoms with van der Waals surface area (Å²) in [7, 11) is 0. The van der Waals surface area contributed by atoms with Gasteiger partial charge in [-0.3, -0.25) is 9.36 Å². The molecule has 1 amide bonds. The van der Waals surface area contributed by atoms with E-state index in [4.69, 9.17) is 0 Å². The minimum Gasteiger partial charge on any atom is -0.352 e. The quantitative estimate of drug-likeness (QED) is 0.725. The van der Waals surface area contributed by atoms with Crippen LogP contribution in [0, 0.1) is 0 Å². The summed E-state index contributed by atoms with van der Waals surface area (Å²) in [6.45, 7) is 1.60. The number of nitrogens with zero attached hydrogens (tertiary/aromatic N) is 2. The molecule has 1 aromatic heterocycles. The lowest BCUT2D eigenvalue weighted by Gasteiger charge is -2.11. The Morgan fingerprint density at radius 1 is 1.19 bits per heavy atom. The van der Waals surface area contributed by atoms with Gasteiger partial charge < -0.3 is 10.6 Å². The van der Waals surface area contributed by atoms with Crippen LogP contribution >= 0.6 is 12.4 Å². The van der Waals surface area contributed by atoms with Crippen LogP contribution in [0.5, 0.6) is 0 Å². The number of hydrogen-bond acceptors (Lipinski definition) is 3. The molecule has 6 heteroatoms. The number of fused-ring (bicyclic) bond motifs is 1. The highest BCUT2D eigenvalue weighted by Crippen LogP contribution is 2.18. The molecule has 0 radical (unpaired) electrons. The summed E-state index contributed by atoms with van der Waals surface area (Å²) in [5, 5.41) is 6.37. The number of carbonyl (C=O) groups excluding carboxylic acids is 1. The van der Waals surface area contributed by atoms with E-state index in [1.165, 1.54) is 6.42 Å². The molecule has 5 nitrogen and oxygen atoms in total. The predicted molar refractivity (Wildman–Crippen MR) is 106 cm³/mol. The van der Waals surface area contributed by atoms with E-state index in [-0.39, 0.29) is 18.3 Å². The molecule has 1 saturated heterocycles. The van der Waals surface area contributed by atoms with Gasteiger partial charge in [-0.15, -0.1) is 12.4 Å². The second-order valence-corrected chi connectivity index (χ2v) is 6.54. The number of benzene rings is 2. The minimum absolute atomic E-state index is 0. The first-order valence-corrected chi connectivity index (χ1v) is 8.81. The third-order valence-electron chi connectivity index (χ3n) is 4.75. The van der Waals surface area contributed by atoms with Crippen molar-refractivity contribution in [1.82, 2.24) is 20.2 Å². The van der Waals surface area contributed by atoms with Crippen LogP contribution in [0.2, 0.25) is 0 Å². The number of halogens is 1. The molecule has 0 spiro atoms. The number of para-hydroxylation sites is 2. The van der Waals surface area contributed by atoms with E-state index in [0.29, 0.717) is 19.0 Å². The van der Waals surface area contributed by atoms with Gasteiger partial charge in [0, 0.05) is 24.7 Å². The lowest BCUT2D eigenvalue weighted by atomic mass is 10.1. The second-order valence-electron chi connectivity index (χ2n) is 6.54. The highest BCUT2D eigenvalue weighted by atomic mass is 35.5. The van der Waals surface area contributed by atoms with E-state index in [1.54, 1.807) is 0 Å². The Bertz CT molecular complexity index is 869. The summed E-state index contributed by atoms with van der Waals surface area (Å²) in [4.78, 5) is 16.4. The molecule has 3 aromatic rings. The van der Waals surface area contributed by atoms with Crippen LogP contribution in [0.4, 0.5) is 0 Å². The van der Waals surface area contributed by atoms with Crippen molar-refractivity contribution < 1.29 is 4.79 Å². The molecule has 1 fully saturated rings. The predicted octanol–water partition coefficient (Wildman–Crippen LogP) is 3.21. The van der Waals surface area contributed by atoms with Crippen LogP contribution < -0.4 is 10.6 Å². The molecule has 1 aliphatic heterocycles. The Morgan fingerprint density at radius 3 is 2.77 bits per heavy atom. The molecule has 0 saturated carbocycles. The Morgan fingerprint density at radius 2 is 2.00 bits per heavy atom. The monoisotopic (exact) mass is 370 g/mol. The first-order valence-electron chi connectivity index (χ1n) is 8.81. The molecule has 2 heterocycles. The van der Waals surface area contributed by atoms with Crippen molar-refractivity contribution in [3.8, 4) is 5.69 Å². The molecular weight excluding hydrogens is 348 g/mol. The first kappa shape index (κ1) is 18.4. The molecule has 2 aromatic carbocycles. The van der Waals surface area contributed by atoms with Gasteiger partial charge in [-0.1, -0.05) is 24.3 Å². The largest absolute Gasteiger partial charge is 0.352 e. The summed E-state index contributed by atoms with van der Waals surface area (Å²) in [5.41, 5.74) is 4.24. The smallest absolute Gasteiger partial charge is 0.221 e.